The van der Waals surface area contributed by atoms with E-state index >= 15 is 0 Å². The molecular formula is C11H19O3. The molecule has 0 amide bonds. The molecule has 3 heteroatoms. The molecule has 3 nitrogen and oxygen atoms in total. The maximum absolute atomic E-state index is 7.66. The lowest BCUT2D eigenvalue weighted by Gasteiger charge is -2.25. The van der Waals surface area contributed by atoms with Gasteiger partial charge in [0.2, 0.25) is 0 Å². The van der Waals surface area contributed by atoms with E-state index in [4.69, 9.17) is 21.4 Å². The van der Waals surface area contributed by atoms with Crippen LogP contribution in [0.2, 0.25) is 0 Å². The van der Waals surface area contributed by atoms with Crippen molar-refractivity contribution in [2.75, 3.05) is 13.2 Å². The van der Waals surface area contributed by atoms with Crippen molar-refractivity contribution in [3.05, 3.63) is 19.6 Å². The zero-order chi connectivity index (χ0) is 11.2. The fourth-order valence-electron chi connectivity index (χ4n) is 0.603. The van der Waals surface area contributed by atoms with E-state index in [0.29, 0.717) is 6.61 Å². The highest BCUT2D eigenvalue weighted by molar-refractivity contribution is 4.79. The van der Waals surface area contributed by atoms with E-state index in [0.717, 1.165) is 0 Å². The number of hydrogen-bond acceptors (Lipinski definition) is 3. The van der Waals surface area contributed by atoms with Crippen LogP contribution in [0.3, 0.4) is 0 Å². The summed E-state index contributed by atoms with van der Waals surface area (Å²) < 4.78 is 5.14. The van der Waals surface area contributed by atoms with Crippen molar-refractivity contribution in [1.29, 1.82) is 0 Å². The first-order valence-electron chi connectivity index (χ1n) is 4.57. The third kappa shape index (κ3) is 8.23. The third-order valence-corrected chi connectivity index (χ3v) is 1.16. The lowest BCUT2D eigenvalue weighted by atomic mass is 10.1. The Hall–Kier alpha value is -0.380. The second-order valence-corrected chi connectivity index (χ2v) is 4.29. The molecule has 0 bridgehead atoms. The Balaban J connectivity index is 3.70. The summed E-state index contributed by atoms with van der Waals surface area (Å²) in [6, 6.07) is 0. The molecule has 0 fully saturated rings. The van der Waals surface area contributed by atoms with Gasteiger partial charge in [-0.15, -0.1) is 6.58 Å². The minimum atomic E-state index is -1.10. The van der Waals surface area contributed by atoms with Gasteiger partial charge < -0.3 is 4.74 Å². The lowest BCUT2D eigenvalue weighted by molar-refractivity contribution is -0.362. The van der Waals surface area contributed by atoms with E-state index < -0.39 is 5.60 Å². The summed E-state index contributed by atoms with van der Waals surface area (Å²) >= 11 is 0. The van der Waals surface area contributed by atoms with E-state index in [1.165, 1.54) is 0 Å². The topological polar surface area (TPSA) is 27.7 Å². The molecule has 0 aromatic rings. The van der Waals surface area contributed by atoms with Crippen LogP contribution in [0.1, 0.15) is 27.7 Å². The third-order valence-electron chi connectivity index (χ3n) is 1.16. The van der Waals surface area contributed by atoms with E-state index in [-0.39, 0.29) is 12.2 Å². The first-order chi connectivity index (χ1) is 6.27. The monoisotopic (exact) mass is 199 g/mol. The van der Waals surface area contributed by atoms with Gasteiger partial charge in [-0.1, -0.05) is 6.08 Å². The van der Waals surface area contributed by atoms with Gasteiger partial charge in [-0.25, -0.2) is 9.78 Å². The van der Waals surface area contributed by atoms with Crippen LogP contribution in [-0.2, 0) is 14.5 Å². The smallest absolute Gasteiger partial charge is 0.112 e. The first kappa shape index (κ1) is 13.6. The van der Waals surface area contributed by atoms with Crippen molar-refractivity contribution in [3.63, 3.8) is 0 Å². The standard InChI is InChI=1S/C11H19O3/c1-7-8-12-11(5,6)9-13-14-10(2,3)4/h7H,1,8-9H2,2-5H3. The summed E-state index contributed by atoms with van der Waals surface area (Å²) in [7, 11) is 0. The molecule has 0 spiro atoms. The highest BCUT2D eigenvalue weighted by Gasteiger charge is 2.21. The van der Waals surface area contributed by atoms with Crippen LogP contribution >= 0.6 is 0 Å². The molecule has 0 aliphatic heterocycles. The lowest BCUT2D eigenvalue weighted by Crippen LogP contribution is -2.33. The quantitative estimate of drug-likeness (QED) is 0.373. The summed E-state index contributed by atoms with van der Waals surface area (Å²) in [5.41, 5.74) is -1.46. The van der Waals surface area contributed by atoms with Crippen molar-refractivity contribution in [2.24, 2.45) is 0 Å². The predicted molar refractivity (Wildman–Crippen MR) is 54.6 cm³/mol. The summed E-state index contributed by atoms with van der Waals surface area (Å²) in [6.07, 6.45) is 1.59. The van der Waals surface area contributed by atoms with Crippen molar-refractivity contribution < 1.29 is 14.5 Å². The molecule has 0 rings (SSSR count). The van der Waals surface area contributed by atoms with Crippen LogP contribution in [0.5, 0.6) is 0 Å². The van der Waals surface area contributed by atoms with Crippen molar-refractivity contribution in [3.8, 4) is 0 Å². The van der Waals surface area contributed by atoms with Crippen LogP contribution in [0.4, 0.5) is 0 Å². The molecule has 0 N–H and O–H groups in total. The first-order valence-corrected chi connectivity index (χ1v) is 4.57. The van der Waals surface area contributed by atoms with Crippen LogP contribution in [0.15, 0.2) is 12.7 Å². The van der Waals surface area contributed by atoms with Crippen molar-refractivity contribution >= 4 is 0 Å². The molecule has 0 heterocycles. The van der Waals surface area contributed by atoms with Crippen LogP contribution in [-0.4, -0.2) is 24.4 Å². The van der Waals surface area contributed by atoms with Gasteiger partial charge in [0.15, 0.2) is 0 Å². The molecule has 81 valence electrons. The van der Waals surface area contributed by atoms with Crippen LogP contribution < -0.4 is 0 Å². The van der Waals surface area contributed by atoms with Gasteiger partial charge in [0.25, 0.3) is 0 Å². The molecule has 0 aliphatic carbocycles. The highest BCUT2D eigenvalue weighted by Crippen LogP contribution is 2.13. The zero-order valence-corrected chi connectivity index (χ0v) is 9.42. The van der Waals surface area contributed by atoms with Gasteiger partial charge >= 0.3 is 0 Å². The Morgan fingerprint density at radius 2 is 1.86 bits per heavy atom. The largest absolute Gasteiger partial charge is 0.368 e. The molecule has 0 aromatic carbocycles. The fourth-order valence-corrected chi connectivity index (χ4v) is 0.603. The number of hydrogen-bond donors (Lipinski definition) is 0. The molecule has 1 atom stereocenters. The Bertz CT molecular complexity index is 168. The predicted octanol–water partition coefficient (Wildman–Crippen LogP) is 2.28. The summed E-state index contributed by atoms with van der Waals surface area (Å²) in [5, 5.41) is 0. The average molecular weight is 199 g/mol. The Labute approximate surface area is 87.0 Å². The van der Waals surface area contributed by atoms with E-state index in [1.807, 2.05) is 20.8 Å². The van der Waals surface area contributed by atoms with E-state index in [2.05, 4.69) is 6.58 Å². The SMILES string of the molecule is [C]C(C)(COOC(C)(C)C)OCC=C. The van der Waals surface area contributed by atoms with Gasteiger partial charge in [-0.3, -0.25) is 0 Å². The number of rotatable bonds is 6. The molecule has 0 saturated heterocycles. The maximum atomic E-state index is 7.66. The zero-order valence-electron chi connectivity index (χ0n) is 9.42. The van der Waals surface area contributed by atoms with Crippen molar-refractivity contribution in [2.45, 2.75) is 38.9 Å². The van der Waals surface area contributed by atoms with Gasteiger partial charge in [0.05, 0.1) is 17.8 Å². The van der Waals surface area contributed by atoms with E-state index in [1.54, 1.807) is 13.0 Å². The second kappa shape index (κ2) is 5.49. The van der Waals surface area contributed by atoms with Gasteiger partial charge in [-0.05, 0) is 27.7 Å². The molecule has 3 radical (unpaired) electrons. The van der Waals surface area contributed by atoms with Gasteiger partial charge in [0.1, 0.15) is 6.61 Å². The molecule has 14 heavy (non-hydrogen) atoms. The Kier molecular flexibility index (Phi) is 5.34. The van der Waals surface area contributed by atoms with Crippen molar-refractivity contribution in [1.82, 2.24) is 0 Å². The molecule has 0 aliphatic rings. The van der Waals surface area contributed by atoms with Gasteiger partial charge in [0, 0.05) is 6.92 Å². The molecule has 0 aromatic heterocycles. The van der Waals surface area contributed by atoms with Crippen LogP contribution in [0.25, 0.3) is 0 Å². The van der Waals surface area contributed by atoms with Crippen LogP contribution in [0, 0.1) is 6.92 Å². The number of ether oxygens (including phenoxy) is 1. The minimum Gasteiger partial charge on any atom is -0.368 e. The van der Waals surface area contributed by atoms with E-state index in [9.17, 15) is 0 Å². The highest BCUT2D eigenvalue weighted by atomic mass is 17.2. The fraction of sp³-hybridized carbons (Fsp3) is 0.727. The summed E-state index contributed by atoms with van der Waals surface area (Å²) in [5.74, 6) is 0. The normalized spacial score (nSPS) is 12.9. The molecule has 0 saturated carbocycles. The average Bonchev–Trinajstić information content (AvgIpc) is 1.98. The Morgan fingerprint density at radius 3 is 2.29 bits per heavy atom. The molecular weight excluding hydrogens is 180 g/mol. The second-order valence-electron chi connectivity index (χ2n) is 4.29. The summed E-state index contributed by atoms with van der Waals surface area (Å²) in [4.78, 5) is 9.93. The summed E-state index contributed by atoms with van der Waals surface area (Å²) in [6.45, 7) is 18.8. The molecule has 1 unspecified atom stereocenters. The van der Waals surface area contributed by atoms with Gasteiger partial charge in [-0.2, -0.15) is 0 Å². The Morgan fingerprint density at radius 1 is 1.29 bits per heavy atom. The maximum Gasteiger partial charge on any atom is 0.112 e. The minimum absolute atomic E-state index is 0.0676.